The molecule has 7 nitrogen and oxygen atoms in total. The number of hydrogen-bond acceptors (Lipinski definition) is 4. The Kier molecular flexibility index (Phi) is 6.05. The molecule has 1 fully saturated rings. The molecular weight excluding hydrogens is 402 g/mol. The van der Waals surface area contributed by atoms with Crippen LogP contribution in [0.25, 0.3) is 0 Å². The molecule has 32 heavy (non-hydrogen) atoms. The summed E-state index contributed by atoms with van der Waals surface area (Å²) in [7, 11) is 0. The molecule has 0 saturated carbocycles. The van der Waals surface area contributed by atoms with E-state index in [1.54, 1.807) is 0 Å². The lowest BCUT2D eigenvalue weighted by Crippen LogP contribution is -2.42. The number of para-hydroxylation sites is 1. The van der Waals surface area contributed by atoms with Gasteiger partial charge in [0.05, 0.1) is 0 Å². The molecular formula is C25H29N5O2. The number of carbonyl (C=O) groups excluding carboxylic acids is 1. The molecule has 2 aromatic carbocycles. The number of carbonyl (C=O) groups is 1. The number of likely N-dealkylation sites (tertiary alicyclic amines) is 1. The molecule has 1 aromatic heterocycles. The van der Waals surface area contributed by atoms with Crippen LogP contribution in [0.1, 0.15) is 49.7 Å². The molecule has 1 atom stereocenters. The van der Waals surface area contributed by atoms with E-state index in [9.17, 15) is 4.79 Å². The van der Waals surface area contributed by atoms with Gasteiger partial charge in [0.2, 0.25) is 0 Å². The maximum absolute atomic E-state index is 12.9. The van der Waals surface area contributed by atoms with Crippen LogP contribution in [0.5, 0.6) is 11.5 Å². The van der Waals surface area contributed by atoms with E-state index >= 15 is 0 Å². The molecule has 2 amide bonds. The van der Waals surface area contributed by atoms with Crippen LogP contribution < -0.4 is 10.1 Å². The molecule has 0 radical (unpaired) electrons. The van der Waals surface area contributed by atoms with E-state index in [4.69, 9.17) is 4.74 Å². The minimum Gasteiger partial charge on any atom is -0.457 e. The van der Waals surface area contributed by atoms with Crippen molar-refractivity contribution < 1.29 is 9.53 Å². The summed E-state index contributed by atoms with van der Waals surface area (Å²) in [6.45, 7) is 2.44. The molecule has 166 valence electrons. The van der Waals surface area contributed by atoms with Gasteiger partial charge < -0.3 is 19.5 Å². The molecule has 7 heteroatoms. The number of rotatable bonds is 4. The van der Waals surface area contributed by atoms with E-state index < -0.39 is 0 Å². The van der Waals surface area contributed by atoms with Crippen molar-refractivity contribution in [2.75, 3.05) is 18.4 Å². The lowest BCUT2D eigenvalue weighted by Gasteiger charge is -2.32. The maximum Gasteiger partial charge on any atom is 0.321 e. The summed E-state index contributed by atoms with van der Waals surface area (Å²) in [6.07, 6.45) is 6.65. The van der Waals surface area contributed by atoms with E-state index in [2.05, 4.69) is 20.1 Å². The first-order valence-electron chi connectivity index (χ1n) is 11.6. The topological polar surface area (TPSA) is 72.3 Å². The quantitative estimate of drug-likeness (QED) is 0.616. The minimum atomic E-state index is -0.0676. The fraction of sp³-hybridized carbons (Fsp3) is 0.400. The smallest absolute Gasteiger partial charge is 0.321 e. The highest BCUT2D eigenvalue weighted by molar-refractivity contribution is 5.89. The Bertz CT molecular complexity index is 1050. The van der Waals surface area contributed by atoms with Gasteiger partial charge in [-0.15, -0.1) is 10.2 Å². The summed E-state index contributed by atoms with van der Waals surface area (Å²) in [5, 5.41) is 12.0. The van der Waals surface area contributed by atoms with Crippen LogP contribution in [0.2, 0.25) is 0 Å². The van der Waals surface area contributed by atoms with E-state index in [1.165, 1.54) is 19.3 Å². The van der Waals surface area contributed by atoms with E-state index in [0.29, 0.717) is 6.54 Å². The van der Waals surface area contributed by atoms with Gasteiger partial charge in [-0.05, 0) is 62.1 Å². The van der Waals surface area contributed by atoms with Crippen molar-refractivity contribution >= 4 is 11.7 Å². The average molecular weight is 432 g/mol. The highest BCUT2D eigenvalue weighted by Gasteiger charge is 2.29. The van der Waals surface area contributed by atoms with E-state index in [0.717, 1.165) is 61.2 Å². The first kappa shape index (κ1) is 20.5. The molecule has 0 aliphatic carbocycles. The molecule has 3 aromatic rings. The number of nitrogens with one attached hydrogen (secondary N) is 1. The van der Waals surface area contributed by atoms with Gasteiger partial charge in [-0.25, -0.2) is 4.79 Å². The number of piperidine rings is 1. The molecule has 1 saturated heterocycles. The second-order valence-electron chi connectivity index (χ2n) is 8.59. The molecule has 5 rings (SSSR count). The number of benzene rings is 2. The lowest BCUT2D eigenvalue weighted by atomic mass is 9.97. The van der Waals surface area contributed by atoms with Gasteiger partial charge in [-0.3, -0.25) is 0 Å². The molecule has 0 unspecified atom stereocenters. The zero-order valence-electron chi connectivity index (χ0n) is 18.2. The van der Waals surface area contributed by atoms with Crippen LogP contribution in [-0.2, 0) is 13.0 Å². The summed E-state index contributed by atoms with van der Waals surface area (Å²) in [5.74, 6) is 3.93. The van der Waals surface area contributed by atoms with Crippen LogP contribution in [0, 0.1) is 0 Å². The molecule has 3 heterocycles. The summed E-state index contributed by atoms with van der Waals surface area (Å²) in [5.41, 5.74) is 0.758. The Balaban J connectivity index is 1.21. The zero-order chi connectivity index (χ0) is 21.8. The van der Waals surface area contributed by atoms with E-state index in [1.807, 2.05) is 59.5 Å². The Morgan fingerprint density at radius 3 is 2.56 bits per heavy atom. The molecule has 0 spiro atoms. The standard InChI is InChI=1S/C25H29N5O2/c31-25(26-20-12-14-22(15-13-20)32-21-9-3-1-4-10-21)29-16-7-8-19(18-29)24-28-27-23-11-5-2-6-17-30(23)24/h1,3-4,9-10,12-15,19H,2,5-8,11,16-18H2,(H,26,31)/t19-/m1/s1. The van der Waals surface area contributed by atoms with Gasteiger partial charge in [0.1, 0.15) is 23.1 Å². The fourth-order valence-corrected chi connectivity index (χ4v) is 4.62. The Hall–Kier alpha value is -3.35. The number of nitrogens with zero attached hydrogens (tertiary/aromatic N) is 4. The zero-order valence-corrected chi connectivity index (χ0v) is 18.2. The van der Waals surface area contributed by atoms with Crippen molar-refractivity contribution in [3.8, 4) is 11.5 Å². The third kappa shape index (κ3) is 4.61. The van der Waals surface area contributed by atoms with Gasteiger partial charge in [-0.2, -0.15) is 0 Å². The number of fused-ring (bicyclic) bond motifs is 1. The molecule has 2 aliphatic heterocycles. The van der Waals surface area contributed by atoms with Gasteiger partial charge in [0.15, 0.2) is 0 Å². The van der Waals surface area contributed by atoms with Crippen LogP contribution in [0.15, 0.2) is 54.6 Å². The van der Waals surface area contributed by atoms with Crippen molar-refractivity contribution in [1.29, 1.82) is 0 Å². The van der Waals surface area contributed by atoms with Crippen molar-refractivity contribution in [3.05, 3.63) is 66.2 Å². The Labute approximate surface area is 188 Å². The van der Waals surface area contributed by atoms with Crippen LogP contribution in [0.3, 0.4) is 0 Å². The Morgan fingerprint density at radius 2 is 1.72 bits per heavy atom. The van der Waals surface area contributed by atoms with Crippen molar-refractivity contribution in [2.45, 2.75) is 51.0 Å². The monoisotopic (exact) mass is 431 g/mol. The number of hydrogen-bond donors (Lipinski definition) is 1. The van der Waals surface area contributed by atoms with Crippen LogP contribution in [0.4, 0.5) is 10.5 Å². The van der Waals surface area contributed by atoms with Crippen molar-refractivity contribution in [2.24, 2.45) is 0 Å². The second kappa shape index (κ2) is 9.42. The summed E-state index contributed by atoms with van der Waals surface area (Å²) in [6, 6.07) is 17.1. The minimum absolute atomic E-state index is 0.0676. The maximum atomic E-state index is 12.9. The number of amides is 2. The number of aryl methyl sites for hydroxylation is 1. The third-order valence-corrected chi connectivity index (χ3v) is 6.30. The first-order valence-corrected chi connectivity index (χ1v) is 11.6. The summed E-state index contributed by atoms with van der Waals surface area (Å²) in [4.78, 5) is 14.8. The van der Waals surface area contributed by atoms with Crippen molar-refractivity contribution in [1.82, 2.24) is 19.7 Å². The number of ether oxygens (including phenoxy) is 1. The first-order chi connectivity index (χ1) is 15.8. The van der Waals surface area contributed by atoms with Crippen LogP contribution >= 0.6 is 0 Å². The van der Waals surface area contributed by atoms with E-state index in [-0.39, 0.29) is 11.9 Å². The molecule has 2 aliphatic rings. The third-order valence-electron chi connectivity index (χ3n) is 6.30. The lowest BCUT2D eigenvalue weighted by molar-refractivity contribution is 0.190. The normalized spacial score (nSPS) is 18.5. The summed E-state index contributed by atoms with van der Waals surface area (Å²) < 4.78 is 8.14. The van der Waals surface area contributed by atoms with Gasteiger partial charge >= 0.3 is 6.03 Å². The van der Waals surface area contributed by atoms with Gasteiger partial charge in [0, 0.05) is 37.7 Å². The SMILES string of the molecule is O=C(Nc1ccc(Oc2ccccc2)cc1)N1CCC[C@@H](c2nnc3n2CCCCC3)C1. The highest BCUT2D eigenvalue weighted by atomic mass is 16.5. The number of anilines is 1. The van der Waals surface area contributed by atoms with Gasteiger partial charge in [-0.1, -0.05) is 24.6 Å². The predicted octanol–water partition coefficient (Wildman–Crippen LogP) is 5.21. The van der Waals surface area contributed by atoms with Gasteiger partial charge in [0.25, 0.3) is 0 Å². The highest BCUT2D eigenvalue weighted by Crippen LogP contribution is 2.29. The predicted molar refractivity (Wildman–Crippen MR) is 123 cm³/mol. The van der Waals surface area contributed by atoms with Crippen LogP contribution in [-0.4, -0.2) is 38.8 Å². The Morgan fingerprint density at radius 1 is 0.906 bits per heavy atom. The fourth-order valence-electron chi connectivity index (χ4n) is 4.62. The molecule has 1 N–H and O–H groups in total. The second-order valence-corrected chi connectivity index (χ2v) is 8.59. The summed E-state index contributed by atoms with van der Waals surface area (Å²) >= 11 is 0. The average Bonchev–Trinajstić information content (AvgIpc) is 3.09. The molecule has 0 bridgehead atoms. The number of aromatic nitrogens is 3. The number of urea groups is 1. The largest absolute Gasteiger partial charge is 0.457 e. The van der Waals surface area contributed by atoms with Crippen molar-refractivity contribution in [3.63, 3.8) is 0 Å².